The van der Waals surface area contributed by atoms with Gasteiger partial charge in [0, 0.05) is 18.8 Å². The van der Waals surface area contributed by atoms with Crippen molar-refractivity contribution in [3.05, 3.63) is 24.0 Å². The summed E-state index contributed by atoms with van der Waals surface area (Å²) in [6.07, 6.45) is 1.91. The molecule has 0 spiro atoms. The Morgan fingerprint density at radius 3 is 3.00 bits per heavy atom. The molecule has 15 heavy (non-hydrogen) atoms. The van der Waals surface area contributed by atoms with Crippen molar-refractivity contribution in [3.63, 3.8) is 0 Å². The van der Waals surface area contributed by atoms with E-state index in [-0.39, 0.29) is 24.1 Å². The number of pyridine rings is 1. The molecule has 0 aliphatic carbocycles. The van der Waals surface area contributed by atoms with Gasteiger partial charge >= 0.3 is 0 Å². The first-order valence-corrected chi connectivity index (χ1v) is 4.71. The molecule has 1 aromatic rings. The number of aromatic nitrogens is 1. The SMILES string of the molecule is CC(CCO)NC(=O)c1ncccc1O. The van der Waals surface area contributed by atoms with Gasteiger partial charge in [0.05, 0.1) is 0 Å². The minimum atomic E-state index is -0.436. The van der Waals surface area contributed by atoms with Gasteiger partial charge in [0.1, 0.15) is 5.75 Å². The summed E-state index contributed by atoms with van der Waals surface area (Å²) in [5.41, 5.74) is 0.00212. The van der Waals surface area contributed by atoms with E-state index in [1.165, 1.54) is 12.3 Å². The molecule has 1 atom stereocenters. The molecule has 5 heteroatoms. The predicted molar refractivity (Wildman–Crippen MR) is 54.5 cm³/mol. The fraction of sp³-hybridized carbons (Fsp3) is 0.400. The number of aliphatic hydroxyl groups excluding tert-OH is 1. The Balaban J connectivity index is 2.65. The van der Waals surface area contributed by atoms with E-state index >= 15 is 0 Å². The van der Waals surface area contributed by atoms with E-state index in [1.54, 1.807) is 13.0 Å². The lowest BCUT2D eigenvalue weighted by Gasteiger charge is -2.12. The van der Waals surface area contributed by atoms with Gasteiger partial charge in [-0.25, -0.2) is 4.98 Å². The van der Waals surface area contributed by atoms with Crippen LogP contribution in [0.15, 0.2) is 18.3 Å². The first-order chi connectivity index (χ1) is 7.15. The highest BCUT2D eigenvalue weighted by Gasteiger charge is 2.13. The van der Waals surface area contributed by atoms with Crippen LogP contribution in [0.5, 0.6) is 5.75 Å². The second kappa shape index (κ2) is 5.31. The second-order valence-corrected chi connectivity index (χ2v) is 3.26. The lowest BCUT2D eigenvalue weighted by molar-refractivity contribution is 0.0926. The molecule has 0 aliphatic heterocycles. The Morgan fingerprint density at radius 1 is 1.67 bits per heavy atom. The maximum atomic E-state index is 11.5. The van der Waals surface area contributed by atoms with E-state index in [4.69, 9.17) is 5.11 Å². The van der Waals surface area contributed by atoms with E-state index in [1.807, 2.05) is 0 Å². The lowest BCUT2D eigenvalue weighted by Crippen LogP contribution is -2.33. The first-order valence-electron chi connectivity index (χ1n) is 4.71. The molecule has 1 aromatic heterocycles. The number of aliphatic hydroxyl groups is 1. The Labute approximate surface area is 87.8 Å². The van der Waals surface area contributed by atoms with E-state index in [0.29, 0.717) is 6.42 Å². The summed E-state index contributed by atoms with van der Waals surface area (Å²) in [5, 5.41) is 20.6. The quantitative estimate of drug-likeness (QED) is 0.667. The summed E-state index contributed by atoms with van der Waals surface area (Å²) in [5.74, 6) is -0.583. The zero-order chi connectivity index (χ0) is 11.3. The number of hydrogen-bond acceptors (Lipinski definition) is 4. The Morgan fingerprint density at radius 2 is 2.40 bits per heavy atom. The highest BCUT2D eigenvalue weighted by Crippen LogP contribution is 2.12. The molecule has 1 amide bonds. The van der Waals surface area contributed by atoms with Crippen LogP contribution in [0, 0.1) is 0 Å². The van der Waals surface area contributed by atoms with Gasteiger partial charge in [0.25, 0.3) is 5.91 Å². The summed E-state index contributed by atoms with van der Waals surface area (Å²) in [6.45, 7) is 1.78. The molecule has 1 rings (SSSR count). The number of amides is 1. The molecule has 0 saturated heterocycles. The van der Waals surface area contributed by atoms with Crippen LogP contribution in [0.2, 0.25) is 0 Å². The summed E-state index contributed by atoms with van der Waals surface area (Å²) >= 11 is 0. The second-order valence-electron chi connectivity index (χ2n) is 3.26. The molecule has 0 fully saturated rings. The van der Waals surface area contributed by atoms with Gasteiger partial charge in [-0.2, -0.15) is 0 Å². The predicted octanol–water partition coefficient (Wildman–Crippen LogP) is 0.288. The van der Waals surface area contributed by atoms with Gasteiger partial charge in [0.15, 0.2) is 5.69 Å². The average Bonchev–Trinajstić information content (AvgIpc) is 2.18. The number of rotatable bonds is 4. The molecule has 0 aliphatic rings. The van der Waals surface area contributed by atoms with Crippen molar-refractivity contribution in [2.75, 3.05) is 6.61 Å². The molecule has 0 aromatic carbocycles. The minimum absolute atomic E-state index is 0.00212. The maximum absolute atomic E-state index is 11.5. The smallest absolute Gasteiger partial charge is 0.273 e. The van der Waals surface area contributed by atoms with Crippen molar-refractivity contribution < 1.29 is 15.0 Å². The summed E-state index contributed by atoms with van der Waals surface area (Å²) in [4.78, 5) is 15.3. The Bertz CT molecular complexity index is 341. The number of nitrogens with one attached hydrogen (secondary N) is 1. The number of carbonyl (C=O) groups is 1. The van der Waals surface area contributed by atoms with Gasteiger partial charge in [-0.1, -0.05) is 0 Å². The third kappa shape index (κ3) is 3.21. The number of hydrogen-bond donors (Lipinski definition) is 3. The highest BCUT2D eigenvalue weighted by atomic mass is 16.3. The number of nitrogens with zero attached hydrogens (tertiary/aromatic N) is 1. The van der Waals surface area contributed by atoms with Crippen molar-refractivity contribution in [2.45, 2.75) is 19.4 Å². The lowest BCUT2D eigenvalue weighted by atomic mass is 10.2. The molecule has 5 nitrogen and oxygen atoms in total. The zero-order valence-corrected chi connectivity index (χ0v) is 8.47. The summed E-state index contributed by atoms with van der Waals surface area (Å²) in [7, 11) is 0. The molecule has 0 radical (unpaired) electrons. The molecule has 1 heterocycles. The third-order valence-corrected chi connectivity index (χ3v) is 1.94. The van der Waals surface area contributed by atoms with Gasteiger partial charge in [-0.05, 0) is 25.5 Å². The Hall–Kier alpha value is -1.62. The topological polar surface area (TPSA) is 82.5 Å². The molecule has 1 unspecified atom stereocenters. The summed E-state index contributed by atoms with van der Waals surface area (Å²) in [6, 6.07) is 2.80. The van der Waals surface area contributed by atoms with Crippen LogP contribution in [-0.2, 0) is 0 Å². The van der Waals surface area contributed by atoms with Crippen molar-refractivity contribution >= 4 is 5.91 Å². The largest absolute Gasteiger partial charge is 0.505 e. The van der Waals surface area contributed by atoms with Crippen molar-refractivity contribution in [1.82, 2.24) is 10.3 Å². The van der Waals surface area contributed by atoms with E-state index < -0.39 is 5.91 Å². The molecule has 0 saturated carbocycles. The van der Waals surface area contributed by atoms with Crippen LogP contribution >= 0.6 is 0 Å². The summed E-state index contributed by atoms with van der Waals surface area (Å²) < 4.78 is 0. The standard InChI is InChI=1S/C10H14N2O3/c1-7(4-6-13)12-10(15)9-8(14)3-2-5-11-9/h2-3,5,7,13-14H,4,6H2,1H3,(H,12,15). The van der Waals surface area contributed by atoms with E-state index in [9.17, 15) is 9.90 Å². The van der Waals surface area contributed by atoms with Crippen LogP contribution in [0.4, 0.5) is 0 Å². The number of carbonyl (C=O) groups excluding carboxylic acids is 1. The van der Waals surface area contributed by atoms with Gasteiger partial charge in [0.2, 0.25) is 0 Å². The fourth-order valence-electron chi connectivity index (χ4n) is 1.13. The molecular formula is C10H14N2O3. The monoisotopic (exact) mass is 210 g/mol. The van der Waals surface area contributed by atoms with Crippen LogP contribution in [-0.4, -0.2) is 33.8 Å². The van der Waals surface area contributed by atoms with Crippen molar-refractivity contribution in [1.29, 1.82) is 0 Å². The molecule has 82 valence electrons. The molecule has 3 N–H and O–H groups in total. The van der Waals surface area contributed by atoms with Crippen LogP contribution in [0.3, 0.4) is 0 Å². The van der Waals surface area contributed by atoms with Gasteiger partial charge in [-0.3, -0.25) is 4.79 Å². The normalized spacial score (nSPS) is 12.1. The minimum Gasteiger partial charge on any atom is -0.505 e. The van der Waals surface area contributed by atoms with Gasteiger partial charge in [-0.15, -0.1) is 0 Å². The molecular weight excluding hydrogens is 196 g/mol. The number of aromatic hydroxyl groups is 1. The third-order valence-electron chi connectivity index (χ3n) is 1.94. The van der Waals surface area contributed by atoms with Gasteiger partial charge < -0.3 is 15.5 Å². The molecule has 0 bridgehead atoms. The first kappa shape index (κ1) is 11.5. The van der Waals surface area contributed by atoms with Crippen LogP contribution in [0.25, 0.3) is 0 Å². The fourth-order valence-corrected chi connectivity index (χ4v) is 1.13. The zero-order valence-electron chi connectivity index (χ0n) is 8.47. The van der Waals surface area contributed by atoms with Crippen LogP contribution < -0.4 is 5.32 Å². The maximum Gasteiger partial charge on any atom is 0.273 e. The average molecular weight is 210 g/mol. The van der Waals surface area contributed by atoms with E-state index in [2.05, 4.69) is 10.3 Å². The van der Waals surface area contributed by atoms with E-state index in [0.717, 1.165) is 0 Å². The van der Waals surface area contributed by atoms with Crippen LogP contribution in [0.1, 0.15) is 23.8 Å². The highest BCUT2D eigenvalue weighted by molar-refractivity contribution is 5.94. The Kier molecular flexibility index (Phi) is 4.05. The van der Waals surface area contributed by atoms with Crippen molar-refractivity contribution in [3.8, 4) is 5.75 Å². The van der Waals surface area contributed by atoms with Crippen molar-refractivity contribution in [2.24, 2.45) is 0 Å².